The molecule has 0 atom stereocenters. The lowest BCUT2D eigenvalue weighted by Gasteiger charge is -2.39. The van der Waals surface area contributed by atoms with Crippen LogP contribution < -0.4 is 9.80 Å². The first kappa shape index (κ1) is 16.6. The Morgan fingerprint density at radius 2 is 1.81 bits per heavy atom. The van der Waals surface area contributed by atoms with Crippen molar-refractivity contribution in [3.63, 3.8) is 0 Å². The van der Waals surface area contributed by atoms with Crippen molar-refractivity contribution in [1.29, 1.82) is 5.41 Å². The van der Waals surface area contributed by atoms with Crippen molar-refractivity contribution in [3.8, 4) is 0 Å². The summed E-state index contributed by atoms with van der Waals surface area (Å²) in [6.07, 6.45) is 0.655. The molecular formula is C20H21FN4O. The standard InChI is InChI=1S/C20H21FN4O/c1-14-2-7-18-19(12-14)24(17-5-3-15(21)4-6-17)10-11-25(18)20(26)23-9-8-16(22)13-23/h2-7,12,22H,8-11,13H2,1H3. The lowest BCUT2D eigenvalue weighted by Crippen LogP contribution is -2.48. The first-order chi connectivity index (χ1) is 12.5. The SMILES string of the molecule is Cc1ccc2c(c1)N(c1ccc(F)cc1)CCN2C(=O)N1CCC(=N)C1. The van der Waals surface area contributed by atoms with Crippen molar-refractivity contribution in [2.45, 2.75) is 13.3 Å². The van der Waals surface area contributed by atoms with Crippen LogP contribution in [0, 0.1) is 18.2 Å². The third kappa shape index (κ3) is 2.92. The Balaban J connectivity index is 1.69. The highest BCUT2D eigenvalue weighted by atomic mass is 19.1. The number of carbonyl (C=O) groups is 1. The molecule has 0 spiro atoms. The molecule has 0 saturated carbocycles. The van der Waals surface area contributed by atoms with Gasteiger partial charge in [-0.2, -0.15) is 0 Å². The first-order valence-corrected chi connectivity index (χ1v) is 8.79. The second-order valence-corrected chi connectivity index (χ2v) is 6.83. The molecule has 26 heavy (non-hydrogen) atoms. The van der Waals surface area contributed by atoms with Crippen molar-refractivity contribution in [3.05, 3.63) is 53.8 Å². The molecule has 2 aromatic rings. The van der Waals surface area contributed by atoms with Crippen LogP contribution in [0.25, 0.3) is 0 Å². The van der Waals surface area contributed by atoms with Gasteiger partial charge in [0.15, 0.2) is 0 Å². The fourth-order valence-corrected chi connectivity index (χ4v) is 3.60. The van der Waals surface area contributed by atoms with Crippen LogP contribution in [-0.2, 0) is 0 Å². The smallest absolute Gasteiger partial charge is 0.324 e. The minimum absolute atomic E-state index is 0.0453. The topological polar surface area (TPSA) is 50.6 Å². The molecule has 134 valence electrons. The molecular weight excluding hydrogens is 331 g/mol. The fourth-order valence-electron chi connectivity index (χ4n) is 3.60. The molecule has 2 aliphatic rings. The van der Waals surface area contributed by atoms with Crippen LogP contribution in [0.2, 0.25) is 0 Å². The quantitative estimate of drug-likeness (QED) is 0.845. The van der Waals surface area contributed by atoms with E-state index in [0.717, 1.165) is 22.6 Å². The number of benzene rings is 2. The van der Waals surface area contributed by atoms with E-state index in [1.54, 1.807) is 21.9 Å². The molecule has 1 saturated heterocycles. The third-order valence-electron chi connectivity index (χ3n) is 4.96. The van der Waals surface area contributed by atoms with E-state index in [9.17, 15) is 9.18 Å². The van der Waals surface area contributed by atoms with Crippen LogP contribution in [0.4, 0.5) is 26.2 Å². The highest BCUT2D eigenvalue weighted by Crippen LogP contribution is 2.39. The number of halogens is 1. The molecule has 0 unspecified atom stereocenters. The summed E-state index contributed by atoms with van der Waals surface area (Å²) in [5.41, 5.74) is 4.42. The number of nitrogens with zero attached hydrogens (tertiary/aromatic N) is 3. The Hall–Kier alpha value is -2.89. The second kappa shape index (κ2) is 6.44. The number of hydrogen-bond donors (Lipinski definition) is 1. The zero-order valence-corrected chi connectivity index (χ0v) is 14.7. The molecule has 4 rings (SSSR count). The number of anilines is 3. The van der Waals surface area contributed by atoms with Crippen LogP contribution in [0.5, 0.6) is 0 Å². The van der Waals surface area contributed by atoms with Crippen molar-refractivity contribution >= 4 is 28.8 Å². The maximum atomic E-state index is 13.3. The predicted molar refractivity (Wildman–Crippen MR) is 101 cm³/mol. The van der Waals surface area contributed by atoms with Gasteiger partial charge in [0.2, 0.25) is 0 Å². The number of aryl methyl sites for hydroxylation is 1. The molecule has 0 aromatic heterocycles. The number of nitrogens with one attached hydrogen (secondary N) is 1. The molecule has 2 aliphatic heterocycles. The van der Waals surface area contributed by atoms with E-state index in [2.05, 4.69) is 11.0 Å². The van der Waals surface area contributed by atoms with E-state index >= 15 is 0 Å². The molecule has 0 bridgehead atoms. The monoisotopic (exact) mass is 352 g/mol. The van der Waals surface area contributed by atoms with Gasteiger partial charge in [-0.15, -0.1) is 0 Å². The molecule has 2 aromatic carbocycles. The van der Waals surface area contributed by atoms with Crippen LogP contribution in [0.3, 0.4) is 0 Å². The van der Waals surface area contributed by atoms with Crippen molar-refractivity contribution in [1.82, 2.24) is 4.90 Å². The maximum Gasteiger partial charge on any atom is 0.324 e. The summed E-state index contributed by atoms with van der Waals surface area (Å²) in [6.45, 7) is 4.23. The highest BCUT2D eigenvalue weighted by molar-refractivity contribution is 6.01. The summed E-state index contributed by atoms with van der Waals surface area (Å²) >= 11 is 0. The van der Waals surface area contributed by atoms with E-state index in [1.807, 2.05) is 19.1 Å². The van der Waals surface area contributed by atoms with Gasteiger partial charge in [0, 0.05) is 37.5 Å². The van der Waals surface area contributed by atoms with Gasteiger partial charge in [0.1, 0.15) is 5.82 Å². The summed E-state index contributed by atoms with van der Waals surface area (Å²) in [4.78, 5) is 18.6. The van der Waals surface area contributed by atoms with E-state index in [0.29, 0.717) is 38.3 Å². The Morgan fingerprint density at radius 3 is 2.50 bits per heavy atom. The summed E-state index contributed by atoms with van der Waals surface area (Å²) in [5.74, 6) is -0.261. The predicted octanol–water partition coefficient (Wildman–Crippen LogP) is 3.94. The summed E-state index contributed by atoms with van der Waals surface area (Å²) < 4.78 is 13.3. The summed E-state index contributed by atoms with van der Waals surface area (Å²) in [5, 5.41) is 7.77. The van der Waals surface area contributed by atoms with E-state index in [1.165, 1.54) is 12.1 Å². The van der Waals surface area contributed by atoms with Gasteiger partial charge in [0.05, 0.1) is 17.9 Å². The lowest BCUT2D eigenvalue weighted by molar-refractivity contribution is 0.216. The van der Waals surface area contributed by atoms with Gasteiger partial charge in [-0.3, -0.25) is 4.90 Å². The Kier molecular flexibility index (Phi) is 4.11. The number of rotatable bonds is 1. The molecule has 1 N–H and O–H groups in total. The molecule has 1 fully saturated rings. The normalized spacial score (nSPS) is 16.8. The highest BCUT2D eigenvalue weighted by Gasteiger charge is 2.32. The fraction of sp³-hybridized carbons (Fsp3) is 0.300. The molecule has 0 aliphatic carbocycles. The molecule has 5 nitrogen and oxygen atoms in total. The average molecular weight is 352 g/mol. The number of fused-ring (bicyclic) bond motifs is 1. The molecule has 0 radical (unpaired) electrons. The number of urea groups is 1. The Labute approximate surface area is 152 Å². The van der Waals surface area contributed by atoms with Gasteiger partial charge < -0.3 is 15.2 Å². The van der Waals surface area contributed by atoms with Crippen molar-refractivity contribution in [2.75, 3.05) is 36.0 Å². The number of hydrogen-bond acceptors (Lipinski definition) is 3. The summed E-state index contributed by atoms with van der Waals surface area (Å²) in [7, 11) is 0. The Morgan fingerprint density at radius 1 is 1.04 bits per heavy atom. The van der Waals surface area contributed by atoms with Crippen molar-refractivity contribution < 1.29 is 9.18 Å². The second-order valence-electron chi connectivity index (χ2n) is 6.83. The number of amides is 2. The summed E-state index contributed by atoms with van der Waals surface area (Å²) in [6, 6.07) is 12.4. The lowest BCUT2D eigenvalue weighted by atomic mass is 10.1. The van der Waals surface area contributed by atoms with Crippen LogP contribution in [0.1, 0.15) is 12.0 Å². The number of carbonyl (C=O) groups excluding carboxylic acids is 1. The average Bonchev–Trinajstić information content (AvgIpc) is 3.07. The largest absolute Gasteiger partial charge is 0.338 e. The first-order valence-electron chi connectivity index (χ1n) is 8.79. The van der Waals surface area contributed by atoms with Gasteiger partial charge in [0.25, 0.3) is 0 Å². The Bertz CT molecular complexity index is 865. The maximum absolute atomic E-state index is 13.3. The van der Waals surface area contributed by atoms with E-state index in [-0.39, 0.29) is 11.8 Å². The molecule has 6 heteroatoms. The van der Waals surface area contributed by atoms with Crippen molar-refractivity contribution in [2.24, 2.45) is 0 Å². The van der Waals surface area contributed by atoms with Gasteiger partial charge in [-0.05, 0) is 48.9 Å². The third-order valence-corrected chi connectivity index (χ3v) is 4.96. The minimum Gasteiger partial charge on any atom is -0.338 e. The molecule has 2 amide bonds. The van der Waals surface area contributed by atoms with Gasteiger partial charge in [-0.1, -0.05) is 6.07 Å². The zero-order chi connectivity index (χ0) is 18.3. The van der Waals surface area contributed by atoms with E-state index in [4.69, 9.17) is 5.41 Å². The molecule has 2 heterocycles. The van der Waals surface area contributed by atoms with Gasteiger partial charge in [-0.25, -0.2) is 9.18 Å². The van der Waals surface area contributed by atoms with Crippen LogP contribution in [0.15, 0.2) is 42.5 Å². The number of likely N-dealkylation sites (tertiary alicyclic amines) is 1. The van der Waals surface area contributed by atoms with Gasteiger partial charge >= 0.3 is 6.03 Å². The van der Waals surface area contributed by atoms with Crippen LogP contribution in [-0.4, -0.2) is 42.8 Å². The van der Waals surface area contributed by atoms with Crippen LogP contribution >= 0.6 is 0 Å². The minimum atomic E-state index is -0.261. The van der Waals surface area contributed by atoms with E-state index < -0.39 is 0 Å². The zero-order valence-electron chi connectivity index (χ0n) is 14.7.